The number of rotatable bonds is 3. The van der Waals surface area contributed by atoms with E-state index in [9.17, 15) is 10.2 Å². The first-order valence-corrected chi connectivity index (χ1v) is 8.14. The lowest BCUT2D eigenvalue weighted by Gasteiger charge is -2.35. The molecule has 7 heteroatoms. The largest absolute Gasteiger partial charge is 0.393 e. The molecule has 0 radical (unpaired) electrons. The molecule has 0 aromatic heterocycles. The Morgan fingerprint density at radius 3 is 2.75 bits per heavy atom. The molecule has 4 rings (SSSR count). The molecule has 0 spiro atoms. The maximum atomic E-state index is 10.0. The third kappa shape index (κ3) is 2.76. The number of aliphatic hydroxyl groups excluding tert-OH is 2. The number of aliphatic hydroxyl groups is 2. The van der Waals surface area contributed by atoms with Gasteiger partial charge in [0.15, 0.2) is 18.4 Å². The van der Waals surface area contributed by atoms with E-state index in [2.05, 4.69) is 0 Å². The Kier molecular flexibility index (Phi) is 4.12. The van der Waals surface area contributed by atoms with Gasteiger partial charge < -0.3 is 33.9 Å². The summed E-state index contributed by atoms with van der Waals surface area (Å²) in [4.78, 5) is 0. The lowest BCUT2D eigenvalue weighted by atomic mass is 10.0. The second kappa shape index (κ2) is 6.03. The fraction of sp³-hybridized carbons (Fsp3) is 0.647. The molecule has 0 amide bonds. The SMILES string of the molecule is CC1(C)O[C@H]2O[C@@H]3COC(c4ccccc4[C@H](O)CO)O[C@@H]3[C@H]2O1. The molecule has 3 fully saturated rings. The average molecular weight is 338 g/mol. The maximum absolute atomic E-state index is 10.0. The van der Waals surface area contributed by atoms with E-state index in [1.807, 2.05) is 26.0 Å². The number of hydrogen-bond acceptors (Lipinski definition) is 7. The van der Waals surface area contributed by atoms with E-state index in [1.54, 1.807) is 12.1 Å². The van der Waals surface area contributed by atoms with Gasteiger partial charge in [-0.15, -0.1) is 0 Å². The Labute approximate surface area is 140 Å². The third-order valence-corrected chi connectivity index (χ3v) is 4.56. The summed E-state index contributed by atoms with van der Waals surface area (Å²) in [7, 11) is 0. The molecule has 3 aliphatic rings. The Hall–Kier alpha value is -1.06. The molecule has 3 heterocycles. The maximum Gasteiger partial charge on any atom is 0.190 e. The summed E-state index contributed by atoms with van der Waals surface area (Å²) in [6.07, 6.45) is -2.97. The Morgan fingerprint density at radius 2 is 1.96 bits per heavy atom. The van der Waals surface area contributed by atoms with E-state index in [0.29, 0.717) is 17.7 Å². The van der Waals surface area contributed by atoms with Crippen molar-refractivity contribution in [2.24, 2.45) is 0 Å². The van der Waals surface area contributed by atoms with Crippen LogP contribution in [0.5, 0.6) is 0 Å². The minimum Gasteiger partial charge on any atom is -0.393 e. The average Bonchev–Trinajstić information content (AvgIpc) is 3.05. The van der Waals surface area contributed by atoms with Crippen molar-refractivity contribution in [3.8, 4) is 0 Å². The molecular weight excluding hydrogens is 316 g/mol. The van der Waals surface area contributed by atoms with Crippen molar-refractivity contribution >= 4 is 0 Å². The topological polar surface area (TPSA) is 86.6 Å². The number of hydrogen-bond donors (Lipinski definition) is 2. The van der Waals surface area contributed by atoms with Crippen molar-refractivity contribution in [2.45, 2.75) is 56.6 Å². The fourth-order valence-corrected chi connectivity index (χ4v) is 3.50. The van der Waals surface area contributed by atoms with Crippen LogP contribution in [0.1, 0.15) is 37.4 Å². The predicted octanol–water partition coefficient (Wildman–Crippen LogP) is 1.00. The van der Waals surface area contributed by atoms with Gasteiger partial charge in [-0.2, -0.15) is 0 Å². The lowest BCUT2D eigenvalue weighted by Crippen LogP contribution is -2.44. The molecule has 6 atom stereocenters. The van der Waals surface area contributed by atoms with Crippen LogP contribution in [0.4, 0.5) is 0 Å². The van der Waals surface area contributed by atoms with Crippen molar-refractivity contribution in [1.29, 1.82) is 0 Å². The van der Waals surface area contributed by atoms with Crippen LogP contribution in [0.3, 0.4) is 0 Å². The van der Waals surface area contributed by atoms with E-state index in [-0.39, 0.29) is 24.9 Å². The van der Waals surface area contributed by atoms with Crippen molar-refractivity contribution in [1.82, 2.24) is 0 Å². The molecule has 3 saturated heterocycles. The Bertz CT molecular complexity index is 604. The van der Waals surface area contributed by atoms with Crippen molar-refractivity contribution in [2.75, 3.05) is 13.2 Å². The first-order valence-electron chi connectivity index (χ1n) is 8.14. The van der Waals surface area contributed by atoms with Gasteiger partial charge in [-0.1, -0.05) is 24.3 Å². The minimum atomic E-state index is -0.983. The van der Waals surface area contributed by atoms with Crippen LogP contribution in [-0.2, 0) is 23.7 Å². The molecule has 2 N–H and O–H groups in total. The molecular formula is C17H22O7. The van der Waals surface area contributed by atoms with E-state index >= 15 is 0 Å². The number of fused-ring (bicyclic) bond motifs is 3. The summed E-state index contributed by atoms with van der Waals surface area (Å²) in [5.41, 5.74) is 1.28. The molecule has 3 aliphatic heterocycles. The van der Waals surface area contributed by atoms with Gasteiger partial charge in [0.25, 0.3) is 0 Å². The summed E-state index contributed by atoms with van der Waals surface area (Å²) in [6.45, 7) is 3.66. The normalized spacial score (nSPS) is 38.6. The quantitative estimate of drug-likeness (QED) is 0.850. The molecule has 0 aliphatic carbocycles. The van der Waals surface area contributed by atoms with Gasteiger partial charge in [-0.25, -0.2) is 0 Å². The van der Waals surface area contributed by atoms with E-state index in [0.717, 1.165) is 0 Å². The molecule has 132 valence electrons. The van der Waals surface area contributed by atoms with Gasteiger partial charge in [-0.3, -0.25) is 0 Å². The molecule has 0 bridgehead atoms. The van der Waals surface area contributed by atoms with E-state index in [1.165, 1.54) is 0 Å². The first-order chi connectivity index (χ1) is 11.5. The second-order valence-electron chi connectivity index (χ2n) is 6.74. The highest BCUT2D eigenvalue weighted by Gasteiger charge is 2.57. The second-order valence-corrected chi connectivity index (χ2v) is 6.74. The molecule has 0 saturated carbocycles. The van der Waals surface area contributed by atoms with Crippen molar-refractivity contribution in [3.63, 3.8) is 0 Å². The highest BCUT2D eigenvalue weighted by atomic mass is 16.9. The van der Waals surface area contributed by atoms with Crippen LogP contribution in [0, 0.1) is 0 Å². The highest BCUT2D eigenvalue weighted by Crippen LogP contribution is 2.43. The van der Waals surface area contributed by atoms with Gasteiger partial charge in [0, 0.05) is 5.56 Å². The number of ether oxygens (including phenoxy) is 5. The molecule has 1 aromatic rings. The zero-order chi connectivity index (χ0) is 16.9. The first kappa shape index (κ1) is 16.4. The summed E-state index contributed by atoms with van der Waals surface area (Å²) in [5, 5.41) is 19.3. The van der Waals surface area contributed by atoms with Crippen LogP contribution in [-0.4, -0.2) is 53.8 Å². The van der Waals surface area contributed by atoms with Gasteiger partial charge in [-0.05, 0) is 19.4 Å². The Morgan fingerprint density at radius 1 is 1.17 bits per heavy atom. The van der Waals surface area contributed by atoms with Gasteiger partial charge >= 0.3 is 0 Å². The predicted molar refractivity (Wildman–Crippen MR) is 80.8 cm³/mol. The van der Waals surface area contributed by atoms with Crippen molar-refractivity contribution in [3.05, 3.63) is 35.4 Å². The molecule has 7 nitrogen and oxygen atoms in total. The van der Waals surface area contributed by atoms with Gasteiger partial charge in [0.1, 0.15) is 24.4 Å². The molecule has 1 unspecified atom stereocenters. The monoisotopic (exact) mass is 338 g/mol. The summed E-state index contributed by atoms with van der Waals surface area (Å²) < 4.78 is 29.3. The minimum absolute atomic E-state index is 0.248. The van der Waals surface area contributed by atoms with Crippen LogP contribution in [0.25, 0.3) is 0 Å². The van der Waals surface area contributed by atoms with E-state index < -0.39 is 24.5 Å². The molecule has 24 heavy (non-hydrogen) atoms. The highest BCUT2D eigenvalue weighted by molar-refractivity contribution is 5.30. The Balaban J connectivity index is 1.56. The van der Waals surface area contributed by atoms with Gasteiger partial charge in [0.05, 0.1) is 13.2 Å². The van der Waals surface area contributed by atoms with Gasteiger partial charge in [0.2, 0.25) is 0 Å². The van der Waals surface area contributed by atoms with Crippen LogP contribution < -0.4 is 0 Å². The third-order valence-electron chi connectivity index (χ3n) is 4.56. The van der Waals surface area contributed by atoms with Crippen LogP contribution >= 0.6 is 0 Å². The summed E-state index contributed by atoms with van der Waals surface area (Å²) in [6, 6.07) is 7.21. The lowest BCUT2D eigenvalue weighted by molar-refractivity contribution is -0.285. The zero-order valence-electron chi connectivity index (χ0n) is 13.6. The summed E-state index contributed by atoms with van der Waals surface area (Å²) in [5.74, 6) is -0.706. The van der Waals surface area contributed by atoms with Crippen LogP contribution in [0.15, 0.2) is 24.3 Å². The van der Waals surface area contributed by atoms with Crippen LogP contribution in [0.2, 0.25) is 0 Å². The standard InChI is InChI=1S/C17H22O7/c1-17(2)23-14-13-12(21-16(14)24-17)8-20-15(22-13)10-6-4-3-5-9(10)11(19)7-18/h3-6,11-16,18-19H,7-8H2,1-2H3/t11-,12-,13+,14-,15?,16-/m1/s1. The van der Waals surface area contributed by atoms with Crippen molar-refractivity contribution < 1.29 is 33.9 Å². The fourth-order valence-electron chi connectivity index (χ4n) is 3.50. The number of benzene rings is 1. The van der Waals surface area contributed by atoms with E-state index in [4.69, 9.17) is 23.7 Å². The zero-order valence-corrected chi connectivity index (χ0v) is 13.6. The summed E-state index contributed by atoms with van der Waals surface area (Å²) >= 11 is 0. The molecule has 1 aromatic carbocycles. The smallest absolute Gasteiger partial charge is 0.190 e.